The molecule has 2 N–H and O–H groups in total. The maximum absolute atomic E-state index is 10.8. The minimum Gasteiger partial charge on any atom is -0.400 e. The molecular formula is C20H35NO4. The first kappa shape index (κ1) is 27.8. The fourth-order valence-electron chi connectivity index (χ4n) is 1.73. The van der Waals surface area contributed by atoms with E-state index in [1.165, 1.54) is 19.3 Å². The number of anilines is 1. The highest BCUT2D eigenvalue weighted by atomic mass is 16.2. The molecule has 0 atom stereocenters. The first-order valence-corrected chi connectivity index (χ1v) is 8.81. The number of amides is 1. The number of aldehydes is 1. The predicted molar refractivity (Wildman–Crippen MR) is 105 cm³/mol. The van der Waals surface area contributed by atoms with Crippen molar-refractivity contribution in [1.29, 1.82) is 0 Å². The molecule has 0 bridgehead atoms. The first-order chi connectivity index (χ1) is 12.1. The van der Waals surface area contributed by atoms with Crippen molar-refractivity contribution in [2.24, 2.45) is 0 Å². The second kappa shape index (κ2) is 24.2. The Labute approximate surface area is 152 Å². The fourth-order valence-corrected chi connectivity index (χ4v) is 1.73. The van der Waals surface area contributed by atoms with Gasteiger partial charge in [0.2, 0.25) is 6.41 Å². The summed E-state index contributed by atoms with van der Waals surface area (Å²) < 4.78 is 0. The van der Waals surface area contributed by atoms with Gasteiger partial charge in [0.15, 0.2) is 0 Å². The molecule has 0 aliphatic carbocycles. The molecule has 0 spiro atoms. The molecule has 0 saturated carbocycles. The molecular weight excluding hydrogens is 318 g/mol. The summed E-state index contributed by atoms with van der Waals surface area (Å²) in [6.45, 7) is 7.72. The zero-order chi connectivity index (χ0) is 19.9. The Morgan fingerprint density at radius 2 is 1.60 bits per heavy atom. The zero-order valence-corrected chi connectivity index (χ0v) is 16.4. The molecule has 0 aliphatic heterocycles. The van der Waals surface area contributed by atoms with Crippen LogP contribution in [0.1, 0.15) is 65.4 Å². The van der Waals surface area contributed by atoms with Gasteiger partial charge < -0.3 is 15.2 Å². The lowest BCUT2D eigenvalue weighted by Gasteiger charge is -2.00. The van der Waals surface area contributed by atoms with Gasteiger partial charge in [-0.1, -0.05) is 52.2 Å². The number of aliphatic hydroxyl groups excluding tert-OH is 1. The molecule has 5 heteroatoms. The largest absolute Gasteiger partial charge is 0.400 e. The predicted octanol–water partition coefficient (Wildman–Crippen LogP) is 4.18. The molecule has 1 aromatic rings. The number of ketones is 1. The molecule has 144 valence electrons. The van der Waals surface area contributed by atoms with Crippen LogP contribution in [0.5, 0.6) is 0 Å². The highest BCUT2D eigenvalue weighted by Crippen LogP contribution is 2.09. The normalized spacial score (nSPS) is 8.24. The van der Waals surface area contributed by atoms with Crippen molar-refractivity contribution < 1.29 is 19.5 Å². The van der Waals surface area contributed by atoms with Gasteiger partial charge in [-0.2, -0.15) is 0 Å². The Kier molecular flexibility index (Phi) is 27.0. The van der Waals surface area contributed by atoms with Crippen LogP contribution in [0.15, 0.2) is 24.3 Å². The van der Waals surface area contributed by atoms with Gasteiger partial charge in [0.1, 0.15) is 12.1 Å². The van der Waals surface area contributed by atoms with E-state index in [-0.39, 0.29) is 5.78 Å². The number of carbonyl (C=O) groups is 3. The van der Waals surface area contributed by atoms with Crippen LogP contribution in [0.3, 0.4) is 0 Å². The number of nitrogens with one attached hydrogen (secondary N) is 1. The number of hydrogen-bond acceptors (Lipinski definition) is 4. The standard InChI is InChI=1S/C10H11NO2.C7H14O.C2H6.CH4O/c1-8(13)6-9-2-4-10(5-3-9)11-7-12;1-2-3-4-5-6-7-8;2*1-2/h2-5,7H,6H2,1H3,(H,11,12);7H,2-6H2,1H3;1-2H3;2H,1H3. The molecule has 1 aromatic carbocycles. The number of unbranched alkanes of at least 4 members (excludes halogenated alkanes) is 4. The molecule has 0 heterocycles. The van der Waals surface area contributed by atoms with Crippen LogP contribution in [0.4, 0.5) is 5.69 Å². The molecule has 0 radical (unpaired) electrons. The average molecular weight is 354 g/mol. The lowest BCUT2D eigenvalue weighted by Crippen LogP contribution is -1.97. The monoisotopic (exact) mass is 353 g/mol. The maximum atomic E-state index is 10.8. The van der Waals surface area contributed by atoms with Gasteiger partial charge in [-0.15, -0.1) is 0 Å². The molecule has 0 aromatic heterocycles. The Balaban J connectivity index is -0.000000348. The van der Waals surface area contributed by atoms with E-state index in [1.807, 2.05) is 26.0 Å². The Bertz CT molecular complexity index is 416. The second-order valence-electron chi connectivity index (χ2n) is 4.85. The topological polar surface area (TPSA) is 83.5 Å². The van der Waals surface area contributed by atoms with Crippen LogP contribution < -0.4 is 5.32 Å². The van der Waals surface area contributed by atoms with Gasteiger partial charge in [0.25, 0.3) is 0 Å². The Hall–Kier alpha value is -2.01. The van der Waals surface area contributed by atoms with Crippen LogP contribution in [-0.4, -0.2) is 30.7 Å². The van der Waals surface area contributed by atoms with E-state index in [4.69, 9.17) is 5.11 Å². The van der Waals surface area contributed by atoms with Gasteiger partial charge in [-0.25, -0.2) is 0 Å². The highest BCUT2D eigenvalue weighted by molar-refractivity contribution is 5.78. The second-order valence-corrected chi connectivity index (χ2v) is 4.85. The van der Waals surface area contributed by atoms with E-state index in [9.17, 15) is 14.4 Å². The number of aliphatic hydroxyl groups is 1. The summed E-state index contributed by atoms with van der Waals surface area (Å²) in [6, 6.07) is 7.19. The van der Waals surface area contributed by atoms with Gasteiger partial charge >= 0.3 is 0 Å². The van der Waals surface area contributed by atoms with Gasteiger partial charge in [0.05, 0.1) is 0 Å². The van der Waals surface area contributed by atoms with E-state index in [2.05, 4.69) is 12.2 Å². The van der Waals surface area contributed by atoms with Crippen molar-refractivity contribution in [2.45, 2.75) is 66.2 Å². The fraction of sp³-hybridized carbons (Fsp3) is 0.550. The smallest absolute Gasteiger partial charge is 0.211 e. The minimum absolute atomic E-state index is 0.135. The summed E-state index contributed by atoms with van der Waals surface area (Å²) in [5.74, 6) is 0.135. The third-order valence-corrected chi connectivity index (χ3v) is 2.81. The lowest BCUT2D eigenvalue weighted by molar-refractivity contribution is -0.116. The minimum atomic E-state index is 0.135. The van der Waals surface area contributed by atoms with E-state index in [1.54, 1.807) is 19.1 Å². The van der Waals surface area contributed by atoms with Crippen LogP contribution in [0.2, 0.25) is 0 Å². The molecule has 25 heavy (non-hydrogen) atoms. The van der Waals surface area contributed by atoms with Crippen LogP contribution >= 0.6 is 0 Å². The van der Waals surface area contributed by atoms with Crippen molar-refractivity contribution in [1.82, 2.24) is 0 Å². The molecule has 0 fully saturated rings. The summed E-state index contributed by atoms with van der Waals surface area (Å²) in [6.07, 6.45) is 7.64. The van der Waals surface area contributed by atoms with Gasteiger partial charge in [-0.3, -0.25) is 9.59 Å². The number of rotatable bonds is 9. The number of benzene rings is 1. The lowest BCUT2D eigenvalue weighted by atomic mass is 10.1. The Morgan fingerprint density at radius 3 is 2.00 bits per heavy atom. The maximum Gasteiger partial charge on any atom is 0.211 e. The van der Waals surface area contributed by atoms with Crippen LogP contribution in [0, 0.1) is 0 Å². The van der Waals surface area contributed by atoms with Crippen molar-refractivity contribution in [3.63, 3.8) is 0 Å². The van der Waals surface area contributed by atoms with E-state index in [0.29, 0.717) is 12.8 Å². The summed E-state index contributed by atoms with van der Waals surface area (Å²) in [7, 11) is 1.00. The number of hydrogen-bond donors (Lipinski definition) is 2. The van der Waals surface area contributed by atoms with Crippen molar-refractivity contribution >= 4 is 24.2 Å². The summed E-state index contributed by atoms with van der Waals surface area (Å²) in [5.41, 5.74) is 1.70. The summed E-state index contributed by atoms with van der Waals surface area (Å²) >= 11 is 0. The van der Waals surface area contributed by atoms with Gasteiger partial charge in [-0.05, 0) is 31.0 Å². The highest BCUT2D eigenvalue weighted by Gasteiger charge is 1.96. The van der Waals surface area contributed by atoms with Gasteiger partial charge in [0, 0.05) is 25.6 Å². The molecule has 1 rings (SSSR count). The van der Waals surface area contributed by atoms with Crippen molar-refractivity contribution in [2.75, 3.05) is 12.4 Å². The van der Waals surface area contributed by atoms with Crippen molar-refractivity contribution in [3.8, 4) is 0 Å². The summed E-state index contributed by atoms with van der Waals surface area (Å²) in [4.78, 5) is 30.6. The van der Waals surface area contributed by atoms with E-state index in [0.717, 1.165) is 37.5 Å². The quantitative estimate of drug-likeness (QED) is 0.515. The van der Waals surface area contributed by atoms with E-state index >= 15 is 0 Å². The molecule has 0 saturated heterocycles. The molecule has 5 nitrogen and oxygen atoms in total. The van der Waals surface area contributed by atoms with Crippen LogP contribution in [0.25, 0.3) is 0 Å². The third-order valence-electron chi connectivity index (χ3n) is 2.81. The summed E-state index contributed by atoms with van der Waals surface area (Å²) in [5, 5.41) is 9.52. The average Bonchev–Trinajstić information content (AvgIpc) is 2.64. The van der Waals surface area contributed by atoms with Crippen LogP contribution in [-0.2, 0) is 20.8 Å². The first-order valence-electron chi connectivity index (χ1n) is 8.81. The van der Waals surface area contributed by atoms with Crippen molar-refractivity contribution in [3.05, 3.63) is 29.8 Å². The Morgan fingerprint density at radius 1 is 1.04 bits per heavy atom. The molecule has 0 unspecified atom stereocenters. The molecule has 1 amide bonds. The SMILES string of the molecule is CC.CC(=O)Cc1ccc(NC=O)cc1.CCCCCCC=O.CO. The number of carbonyl (C=O) groups excluding carboxylic acids is 3. The molecule has 0 aliphatic rings. The zero-order valence-electron chi connectivity index (χ0n) is 16.4. The third kappa shape index (κ3) is 22.0. The number of Topliss-reactive ketones (excluding diaryl/α,β-unsaturated/α-hetero) is 1. The van der Waals surface area contributed by atoms with E-state index < -0.39 is 0 Å².